The minimum absolute atomic E-state index is 0.0395. The predicted molar refractivity (Wildman–Crippen MR) is 111 cm³/mol. The molecule has 1 unspecified atom stereocenters. The predicted octanol–water partition coefficient (Wildman–Crippen LogP) is 0.405. The standard InChI is InChI=1S/C19H30N4O4S/c1-14-4-5-17(27-3)15(12-14)6-9-21-19(20-2)22-10-7-18(24)23-16-8-11-28(25,26)13-16/h4-5,12,16H,6-11,13H2,1-3H3,(H,23,24)(H2,20,21,22). The molecule has 0 aliphatic carbocycles. The maximum atomic E-state index is 12.0. The highest BCUT2D eigenvalue weighted by atomic mass is 32.2. The van der Waals surface area contributed by atoms with E-state index in [-0.39, 0.29) is 29.9 Å². The van der Waals surface area contributed by atoms with Gasteiger partial charge in [-0.25, -0.2) is 8.42 Å². The molecule has 1 heterocycles. The number of carbonyl (C=O) groups excluding carboxylic acids is 1. The lowest BCUT2D eigenvalue weighted by molar-refractivity contribution is -0.121. The third-order valence-electron chi connectivity index (χ3n) is 4.59. The molecule has 2 rings (SSSR count). The Morgan fingerprint density at radius 3 is 2.68 bits per heavy atom. The number of hydrogen-bond donors (Lipinski definition) is 3. The van der Waals surface area contributed by atoms with Crippen LogP contribution in [0.4, 0.5) is 0 Å². The van der Waals surface area contributed by atoms with Gasteiger partial charge in [0.1, 0.15) is 5.75 Å². The second-order valence-corrected chi connectivity index (χ2v) is 9.14. The lowest BCUT2D eigenvalue weighted by atomic mass is 10.1. The summed E-state index contributed by atoms with van der Waals surface area (Å²) in [7, 11) is 0.345. The number of sulfone groups is 1. The van der Waals surface area contributed by atoms with E-state index in [1.807, 2.05) is 19.1 Å². The van der Waals surface area contributed by atoms with Crippen LogP contribution in [0.1, 0.15) is 24.0 Å². The highest BCUT2D eigenvalue weighted by molar-refractivity contribution is 7.91. The number of amides is 1. The van der Waals surface area contributed by atoms with E-state index >= 15 is 0 Å². The molecule has 1 aromatic carbocycles. The summed E-state index contributed by atoms with van der Waals surface area (Å²) < 4.78 is 28.2. The zero-order valence-electron chi connectivity index (χ0n) is 16.7. The van der Waals surface area contributed by atoms with Crippen molar-refractivity contribution < 1.29 is 17.9 Å². The van der Waals surface area contributed by atoms with Crippen LogP contribution < -0.4 is 20.7 Å². The number of benzene rings is 1. The topological polar surface area (TPSA) is 109 Å². The summed E-state index contributed by atoms with van der Waals surface area (Å²) in [5, 5.41) is 9.09. The Bertz CT molecular complexity index is 808. The van der Waals surface area contributed by atoms with Gasteiger partial charge in [-0.3, -0.25) is 9.79 Å². The van der Waals surface area contributed by atoms with Gasteiger partial charge in [-0.05, 0) is 31.4 Å². The van der Waals surface area contributed by atoms with E-state index < -0.39 is 9.84 Å². The molecule has 0 radical (unpaired) electrons. The first-order valence-corrected chi connectivity index (χ1v) is 11.2. The third kappa shape index (κ3) is 7.03. The summed E-state index contributed by atoms with van der Waals surface area (Å²) in [6.45, 7) is 3.13. The maximum absolute atomic E-state index is 12.0. The van der Waals surface area contributed by atoms with Crippen molar-refractivity contribution in [2.24, 2.45) is 4.99 Å². The van der Waals surface area contributed by atoms with E-state index in [0.717, 1.165) is 17.7 Å². The second-order valence-electron chi connectivity index (χ2n) is 6.91. The van der Waals surface area contributed by atoms with Crippen LogP contribution in [0.25, 0.3) is 0 Å². The van der Waals surface area contributed by atoms with Crippen LogP contribution in [-0.4, -0.2) is 65.1 Å². The molecule has 1 aliphatic rings. The van der Waals surface area contributed by atoms with Gasteiger partial charge >= 0.3 is 0 Å². The molecule has 1 atom stereocenters. The smallest absolute Gasteiger partial charge is 0.222 e. The van der Waals surface area contributed by atoms with Crippen molar-refractivity contribution in [1.29, 1.82) is 0 Å². The summed E-state index contributed by atoms with van der Waals surface area (Å²) in [5.74, 6) is 1.51. The SMILES string of the molecule is CN=C(NCCC(=O)NC1CCS(=O)(=O)C1)NCCc1cc(C)ccc1OC. The Morgan fingerprint density at radius 1 is 1.29 bits per heavy atom. The average molecular weight is 411 g/mol. The first-order chi connectivity index (χ1) is 13.3. The lowest BCUT2D eigenvalue weighted by Crippen LogP contribution is -2.41. The molecule has 28 heavy (non-hydrogen) atoms. The van der Waals surface area contributed by atoms with Gasteiger partial charge < -0.3 is 20.7 Å². The molecular weight excluding hydrogens is 380 g/mol. The van der Waals surface area contributed by atoms with E-state index in [1.165, 1.54) is 5.56 Å². The van der Waals surface area contributed by atoms with Crippen LogP contribution in [0.3, 0.4) is 0 Å². The second kappa shape index (κ2) is 10.3. The molecule has 0 saturated carbocycles. The minimum atomic E-state index is -2.99. The first kappa shape index (κ1) is 22.0. The molecule has 8 nitrogen and oxygen atoms in total. The van der Waals surface area contributed by atoms with Crippen LogP contribution in [0.15, 0.2) is 23.2 Å². The highest BCUT2D eigenvalue weighted by Crippen LogP contribution is 2.19. The van der Waals surface area contributed by atoms with E-state index in [4.69, 9.17) is 4.74 Å². The molecule has 3 N–H and O–H groups in total. The number of aliphatic imine (C=N–C) groups is 1. The van der Waals surface area contributed by atoms with Gasteiger partial charge in [0.05, 0.1) is 18.6 Å². The molecule has 0 bridgehead atoms. The quantitative estimate of drug-likeness (QED) is 0.423. The monoisotopic (exact) mass is 410 g/mol. The summed E-state index contributed by atoms with van der Waals surface area (Å²) in [5.41, 5.74) is 2.30. The van der Waals surface area contributed by atoms with Gasteiger partial charge in [-0.1, -0.05) is 17.7 Å². The van der Waals surface area contributed by atoms with Crippen molar-refractivity contribution in [2.45, 2.75) is 32.2 Å². The molecule has 9 heteroatoms. The Kier molecular flexibility index (Phi) is 8.10. The zero-order valence-corrected chi connectivity index (χ0v) is 17.6. The summed E-state index contributed by atoms with van der Waals surface area (Å²) in [6.07, 6.45) is 1.53. The fourth-order valence-corrected chi connectivity index (χ4v) is 4.82. The normalized spacial score (nSPS) is 18.5. The Hall–Kier alpha value is -2.29. The number of aryl methyl sites for hydroxylation is 1. The number of ether oxygens (including phenoxy) is 1. The van der Waals surface area contributed by atoms with E-state index in [2.05, 4.69) is 27.0 Å². The van der Waals surface area contributed by atoms with Gasteiger partial charge in [0, 0.05) is 32.6 Å². The number of carbonyl (C=O) groups is 1. The van der Waals surface area contributed by atoms with Crippen LogP contribution >= 0.6 is 0 Å². The van der Waals surface area contributed by atoms with Gasteiger partial charge in [-0.2, -0.15) is 0 Å². The molecule has 1 saturated heterocycles. The Morgan fingerprint density at radius 2 is 2.04 bits per heavy atom. The van der Waals surface area contributed by atoms with E-state index in [1.54, 1.807) is 14.2 Å². The molecule has 1 amide bonds. The van der Waals surface area contributed by atoms with E-state index in [0.29, 0.717) is 25.5 Å². The van der Waals surface area contributed by atoms with Crippen LogP contribution in [0.2, 0.25) is 0 Å². The molecule has 1 aromatic rings. The molecule has 0 aromatic heterocycles. The molecule has 1 aliphatic heterocycles. The number of rotatable bonds is 8. The van der Waals surface area contributed by atoms with Crippen LogP contribution in [0.5, 0.6) is 5.75 Å². The van der Waals surface area contributed by atoms with Gasteiger partial charge in [-0.15, -0.1) is 0 Å². The van der Waals surface area contributed by atoms with Crippen molar-refractivity contribution in [2.75, 3.05) is 38.8 Å². The third-order valence-corrected chi connectivity index (χ3v) is 6.36. The van der Waals surface area contributed by atoms with Crippen molar-refractivity contribution in [3.63, 3.8) is 0 Å². The number of methoxy groups -OCH3 is 1. The van der Waals surface area contributed by atoms with Crippen LogP contribution in [-0.2, 0) is 21.1 Å². The largest absolute Gasteiger partial charge is 0.496 e. The Balaban J connectivity index is 1.69. The van der Waals surface area contributed by atoms with Crippen LogP contribution in [0, 0.1) is 6.92 Å². The minimum Gasteiger partial charge on any atom is -0.496 e. The van der Waals surface area contributed by atoms with Crippen molar-refractivity contribution in [3.8, 4) is 5.75 Å². The number of guanidine groups is 1. The highest BCUT2D eigenvalue weighted by Gasteiger charge is 2.28. The molecule has 1 fully saturated rings. The molecular formula is C19H30N4O4S. The fourth-order valence-electron chi connectivity index (χ4n) is 3.14. The summed E-state index contributed by atoms with van der Waals surface area (Å²) in [4.78, 5) is 16.1. The molecule has 156 valence electrons. The summed E-state index contributed by atoms with van der Waals surface area (Å²) >= 11 is 0. The first-order valence-electron chi connectivity index (χ1n) is 9.41. The van der Waals surface area contributed by atoms with Crippen molar-refractivity contribution in [1.82, 2.24) is 16.0 Å². The van der Waals surface area contributed by atoms with Crippen molar-refractivity contribution >= 4 is 21.7 Å². The van der Waals surface area contributed by atoms with Crippen molar-refractivity contribution in [3.05, 3.63) is 29.3 Å². The van der Waals surface area contributed by atoms with Gasteiger partial charge in [0.15, 0.2) is 15.8 Å². The average Bonchev–Trinajstić information content (AvgIpc) is 2.98. The van der Waals surface area contributed by atoms with Gasteiger partial charge in [0.2, 0.25) is 5.91 Å². The number of nitrogens with zero attached hydrogens (tertiary/aromatic N) is 1. The maximum Gasteiger partial charge on any atom is 0.222 e. The van der Waals surface area contributed by atoms with Gasteiger partial charge in [0.25, 0.3) is 0 Å². The fraction of sp³-hybridized carbons (Fsp3) is 0.579. The van der Waals surface area contributed by atoms with E-state index in [9.17, 15) is 13.2 Å². The number of hydrogen-bond acceptors (Lipinski definition) is 5. The summed E-state index contributed by atoms with van der Waals surface area (Å²) in [6, 6.07) is 5.82. The lowest BCUT2D eigenvalue weighted by Gasteiger charge is -2.14. The molecule has 0 spiro atoms. The number of nitrogens with one attached hydrogen (secondary N) is 3. The Labute approximate surface area is 167 Å². The zero-order chi connectivity index (χ0) is 20.6.